The lowest BCUT2D eigenvalue weighted by Crippen LogP contribution is -2.43. The first kappa shape index (κ1) is 11.1. The molecule has 1 amide bonds. The highest BCUT2D eigenvalue weighted by Gasteiger charge is 2.35. The molecule has 0 bridgehead atoms. The summed E-state index contributed by atoms with van der Waals surface area (Å²) in [6.45, 7) is 0.532. The first-order valence-corrected chi connectivity index (χ1v) is 5.58. The van der Waals surface area contributed by atoms with E-state index in [0.29, 0.717) is 18.2 Å². The summed E-state index contributed by atoms with van der Waals surface area (Å²) in [4.78, 5) is 17.9. The Kier molecular flexibility index (Phi) is 2.96. The van der Waals surface area contributed by atoms with Gasteiger partial charge in [0.25, 0.3) is 5.91 Å². The van der Waals surface area contributed by atoms with Crippen LogP contribution in [0.1, 0.15) is 23.3 Å². The molecule has 0 aliphatic heterocycles. The topological polar surface area (TPSA) is 64.2 Å². The van der Waals surface area contributed by atoms with E-state index in [-0.39, 0.29) is 11.9 Å². The first-order valence-electron chi connectivity index (χ1n) is 5.58. The van der Waals surface area contributed by atoms with Gasteiger partial charge in [-0.05, 0) is 18.8 Å². The summed E-state index contributed by atoms with van der Waals surface area (Å²) in [5.41, 5.74) is 6.34. The Balaban J connectivity index is 2.11. The summed E-state index contributed by atoms with van der Waals surface area (Å²) in [5.74, 6) is 0.592. The molecule has 5 nitrogen and oxygen atoms in total. The van der Waals surface area contributed by atoms with Crippen LogP contribution >= 0.6 is 0 Å². The molecule has 16 heavy (non-hydrogen) atoms. The molecule has 1 aromatic heterocycles. The molecule has 2 N–H and O–H groups in total. The van der Waals surface area contributed by atoms with Gasteiger partial charge in [0.05, 0.1) is 12.5 Å². The molecule has 0 spiro atoms. The third-order valence-electron chi connectivity index (χ3n) is 3.26. The maximum Gasteiger partial charge on any atom is 0.272 e. The van der Waals surface area contributed by atoms with Crippen molar-refractivity contribution in [2.24, 2.45) is 18.7 Å². The molecule has 0 saturated heterocycles. The highest BCUT2D eigenvalue weighted by molar-refractivity contribution is 5.92. The summed E-state index contributed by atoms with van der Waals surface area (Å²) >= 11 is 0. The molecule has 1 fully saturated rings. The molecular weight excluding hydrogens is 204 g/mol. The van der Waals surface area contributed by atoms with Gasteiger partial charge < -0.3 is 15.2 Å². The lowest BCUT2D eigenvalue weighted by Gasteiger charge is -2.27. The minimum Gasteiger partial charge on any atom is -0.336 e. The molecule has 1 unspecified atom stereocenters. The smallest absolute Gasteiger partial charge is 0.272 e. The van der Waals surface area contributed by atoms with E-state index in [1.54, 1.807) is 22.0 Å². The maximum atomic E-state index is 12.2. The largest absolute Gasteiger partial charge is 0.336 e. The van der Waals surface area contributed by atoms with Gasteiger partial charge in [-0.25, -0.2) is 4.98 Å². The Morgan fingerprint density at radius 3 is 2.88 bits per heavy atom. The van der Waals surface area contributed by atoms with Gasteiger partial charge in [-0.3, -0.25) is 4.79 Å². The van der Waals surface area contributed by atoms with Crippen molar-refractivity contribution in [1.82, 2.24) is 14.5 Å². The third kappa shape index (κ3) is 1.95. The van der Waals surface area contributed by atoms with Gasteiger partial charge in [0.15, 0.2) is 0 Å². The number of nitrogens with two attached hydrogens (primary N) is 1. The highest BCUT2D eigenvalue weighted by atomic mass is 16.2. The number of aryl methyl sites for hydroxylation is 1. The number of likely N-dealkylation sites (N-methyl/N-ethyl adjacent to an activating group) is 1. The van der Waals surface area contributed by atoms with Crippen molar-refractivity contribution in [2.75, 3.05) is 13.6 Å². The van der Waals surface area contributed by atoms with Crippen LogP contribution in [0.2, 0.25) is 0 Å². The number of amides is 1. The molecule has 1 aliphatic carbocycles. The van der Waals surface area contributed by atoms with Crippen molar-refractivity contribution < 1.29 is 4.79 Å². The Morgan fingerprint density at radius 1 is 1.75 bits per heavy atom. The number of rotatable bonds is 4. The van der Waals surface area contributed by atoms with Gasteiger partial charge in [0, 0.05) is 26.7 Å². The maximum absolute atomic E-state index is 12.2. The fraction of sp³-hybridized carbons (Fsp3) is 0.636. The minimum atomic E-state index is 0.00218. The van der Waals surface area contributed by atoms with E-state index in [4.69, 9.17) is 5.73 Å². The van der Waals surface area contributed by atoms with E-state index in [1.807, 2.05) is 14.1 Å². The van der Waals surface area contributed by atoms with E-state index in [9.17, 15) is 4.79 Å². The van der Waals surface area contributed by atoms with Crippen molar-refractivity contribution in [1.29, 1.82) is 0 Å². The average molecular weight is 222 g/mol. The number of hydrogen-bond donors (Lipinski definition) is 1. The molecule has 1 heterocycles. The molecule has 2 rings (SSSR count). The zero-order valence-corrected chi connectivity index (χ0v) is 9.76. The Morgan fingerprint density at radius 2 is 2.44 bits per heavy atom. The van der Waals surface area contributed by atoms with Crippen molar-refractivity contribution >= 4 is 5.91 Å². The zero-order valence-electron chi connectivity index (χ0n) is 9.76. The van der Waals surface area contributed by atoms with Crippen LogP contribution in [-0.2, 0) is 7.05 Å². The second-order valence-electron chi connectivity index (χ2n) is 4.45. The van der Waals surface area contributed by atoms with Crippen LogP contribution in [0.4, 0.5) is 0 Å². The molecule has 0 aromatic carbocycles. The summed E-state index contributed by atoms with van der Waals surface area (Å²) in [7, 11) is 3.65. The lowest BCUT2D eigenvalue weighted by atomic mass is 10.1. The first-order chi connectivity index (χ1) is 7.65. The molecule has 1 atom stereocenters. The van der Waals surface area contributed by atoms with Crippen molar-refractivity contribution in [2.45, 2.75) is 18.9 Å². The number of nitrogens with zero attached hydrogens (tertiary/aromatic N) is 3. The molecule has 5 heteroatoms. The van der Waals surface area contributed by atoms with Crippen molar-refractivity contribution in [3.05, 3.63) is 18.2 Å². The van der Waals surface area contributed by atoms with Crippen LogP contribution in [0.5, 0.6) is 0 Å². The van der Waals surface area contributed by atoms with Gasteiger partial charge in [-0.1, -0.05) is 0 Å². The van der Waals surface area contributed by atoms with Crippen LogP contribution < -0.4 is 5.73 Å². The van der Waals surface area contributed by atoms with Gasteiger partial charge in [0.1, 0.15) is 5.69 Å². The van der Waals surface area contributed by atoms with Crippen LogP contribution in [0, 0.1) is 5.92 Å². The normalized spacial score (nSPS) is 17.2. The average Bonchev–Trinajstić information content (AvgIpc) is 3.01. The van der Waals surface area contributed by atoms with Crippen molar-refractivity contribution in [3.8, 4) is 0 Å². The fourth-order valence-electron chi connectivity index (χ4n) is 2.04. The standard InChI is InChI=1S/C11H18N4O/c1-14-7-13-6-10(14)11(16)15(2)9(5-12)8-3-4-8/h6-9H,3-5,12H2,1-2H3. The van der Waals surface area contributed by atoms with Crippen LogP contribution in [-0.4, -0.2) is 40.0 Å². The highest BCUT2D eigenvalue weighted by Crippen LogP contribution is 2.34. The molecule has 1 saturated carbocycles. The SMILES string of the molecule is CN(C(=O)c1cncn1C)C(CN)C1CC1. The summed E-state index contributed by atoms with van der Waals surface area (Å²) in [5, 5.41) is 0. The number of carbonyl (C=O) groups excluding carboxylic acids is 1. The predicted octanol–water partition coefficient (Wildman–Crippen LogP) is 0.229. The Labute approximate surface area is 95.2 Å². The monoisotopic (exact) mass is 222 g/mol. The number of hydrogen-bond acceptors (Lipinski definition) is 3. The molecule has 88 valence electrons. The predicted molar refractivity (Wildman–Crippen MR) is 60.9 cm³/mol. The van der Waals surface area contributed by atoms with Gasteiger partial charge in [-0.2, -0.15) is 0 Å². The van der Waals surface area contributed by atoms with Crippen LogP contribution in [0.3, 0.4) is 0 Å². The van der Waals surface area contributed by atoms with E-state index in [2.05, 4.69) is 4.98 Å². The Hall–Kier alpha value is -1.36. The molecule has 1 aromatic rings. The van der Waals surface area contributed by atoms with E-state index >= 15 is 0 Å². The second-order valence-corrected chi connectivity index (χ2v) is 4.45. The van der Waals surface area contributed by atoms with Crippen LogP contribution in [0.15, 0.2) is 12.5 Å². The van der Waals surface area contributed by atoms with Gasteiger partial charge in [0.2, 0.25) is 0 Å². The fourth-order valence-corrected chi connectivity index (χ4v) is 2.04. The Bertz CT molecular complexity index is 383. The molecule has 0 radical (unpaired) electrons. The molecule has 1 aliphatic rings. The summed E-state index contributed by atoms with van der Waals surface area (Å²) < 4.78 is 1.74. The van der Waals surface area contributed by atoms with Gasteiger partial charge >= 0.3 is 0 Å². The quantitative estimate of drug-likeness (QED) is 0.793. The minimum absolute atomic E-state index is 0.00218. The van der Waals surface area contributed by atoms with E-state index < -0.39 is 0 Å². The van der Waals surface area contributed by atoms with Gasteiger partial charge in [-0.15, -0.1) is 0 Å². The van der Waals surface area contributed by atoms with E-state index in [1.165, 1.54) is 12.8 Å². The number of imidazole rings is 1. The number of carbonyl (C=O) groups is 1. The summed E-state index contributed by atoms with van der Waals surface area (Å²) in [6.07, 6.45) is 5.60. The van der Waals surface area contributed by atoms with Crippen molar-refractivity contribution in [3.63, 3.8) is 0 Å². The zero-order chi connectivity index (χ0) is 11.7. The second kappa shape index (κ2) is 4.25. The molecular formula is C11H18N4O. The number of aromatic nitrogens is 2. The summed E-state index contributed by atoms with van der Waals surface area (Å²) in [6, 6.07) is 0.169. The third-order valence-corrected chi connectivity index (χ3v) is 3.26. The van der Waals surface area contributed by atoms with E-state index in [0.717, 1.165) is 0 Å². The lowest BCUT2D eigenvalue weighted by molar-refractivity contribution is 0.0709. The van der Waals surface area contributed by atoms with Crippen LogP contribution in [0.25, 0.3) is 0 Å².